The summed E-state index contributed by atoms with van der Waals surface area (Å²) < 4.78 is 5.77. The number of pyridine rings is 1. The Kier molecular flexibility index (Phi) is 9.95. The number of piperazine rings is 1. The molecule has 3 rings (SSSR count). The van der Waals surface area contributed by atoms with E-state index in [0.29, 0.717) is 0 Å². The van der Waals surface area contributed by atoms with Crippen molar-refractivity contribution in [3.63, 3.8) is 0 Å². The second kappa shape index (κ2) is 12.5. The van der Waals surface area contributed by atoms with Crippen molar-refractivity contribution in [1.82, 2.24) is 14.8 Å². The minimum atomic E-state index is 0. The Bertz CT molecular complexity index is 717. The van der Waals surface area contributed by atoms with Crippen LogP contribution in [0.5, 0.6) is 5.75 Å². The highest BCUT2D eigenvalue weighted by Gasteiger charge is 2.22. The summed E-state index contributed by atoms with van der Waals surface area (Å²) in [6.07, 6.45) is 8.43. The van der Waals surface area contributed by atoms with E-state index < -0.39 is 0 Å². The number of hydrogen-bond donors (Lipinski definition) is 0. The molecule has 1 aliphatic rings. The van der Waals surface area contributed by atoms with Crippen LogP contribution in [0, 0.1) is 0 Å². The van der Waals surface area contributed by atoms with Crippen LogP contribution in [0.2, 0.25) is 0 Å². The number of unbranched alkanes of at least 4 members (excludes halogenated alkanes) is 3. The largest absolute Gasteiger partial charge is 0.494 e. The van der Waals surface area contributed by atoms with E-state index in [-0.39, 0.29) is 18.3 Å². The smallest absolute Gasteiger partial charge is 0.253 e. The summed E-state index contributed by atoms with van der Waals surface area (Å²) in [5, 5.41) is 0. The Labute approximate surface area is 180 Å². The van der Waals surface area contributed by atoms with Gasteiger partial charge in [-0.1, -0.05) is 26.2 Å². The molecule has 158 valence electrons. The number of benzene rings is 1. The number of nitrogens with zero attached hydrogens (tertiary/aromatic N) is 3. The number of rotatable bonds is 9. The Morgan fingerprint density at radius 1 is 0.966 bits per heavy atom. The molecular weight excluding hydrogens is 386 g/mol. The minimum absolute atomic E-state index is 0. The SMILES string of the molecule is CCCCCCOc1ccc(C(=O)N2CCN(Cc3ccncc3)CC2)cc1.Cl. The average molecular weight is 418 g/mol. The summed E-state index contributed by atoms with van der Waals surface area (Å²) in [4.78, 5) is 21.2. The van der Waals surface area contributed by atoms with Gasteiger partial charge in [0.25, 0.3) is 5.91 Å². The van der Waals surface area contributed by atoms with E-state index in [0.717, 1.165) is 57.1 Å². The number of amides is 1. The zero-order valence-electron chi connectivity index (χ0n) is 17.3. The van der Waals surface area contributed by atoms with Crippen LogP contribution in [0.1, 0.15) is 48.5 Å². The Balaban J connectivity index is 0.00000300. The molecule has 6 heteroatoms. The monoisotopic (exact) mass is 417 g/mol. The van der Waals surface area contributed by atoms with Crippen LogP contribution in [0.25, 0.3) is 0 Å². The number of hydrogen-bond acceptors (Lipinski definition) is 4. The summed E-state index contributed by atoms with van der Waals surface area (Å²) in [5.41, 5.74) is 2.00. The van der Waals surface area contributed by atoms with Crippen LogP contribution in [0.3, 0.4) is 0 Å². The fraction of sp³-hybridized carbons (Fsp3) is 0.478. The van der Waals surface area contributed by atoms with Gasteiger partial charge in [0.15, 0.2) is 0 Å². The summed E-state index contributed by atoms with van der Waals surface area (Å²) in [6.45, 7) is 7.18. The number of halogens is 1. The van der Waals surface area contributed by atoms with Crippen molar-refractivity contribution in [3.05, 3.63) is 59.9 Å². The van der Waals surface area contributed by atoms with Crippen molar-refractivity contribution in [3.8, 4) is 5.75 Å². The van der Waals surface area contributed by atoms with Gasteiger partial charge in [0, 0.05) is 50.7 Å². The van der Waals surface area contributed by atoms with Gasteiger partial charge in [0.05, 0.1) is 6.61 Å². The Morgan fingerprint density at radius 2 is 1.66 bits per heavy atom. The molecular formula is C23H32ClN3O2. The molecule has 5 nitrogen and oxygen atoms in total. The molecule has 0 saturated carbocycles. The van der Waals surface area contributed by atoms with Crippen molar-refractivity contribution in [2.45, 2.75) is 39.2 Å². The van der Waals surface area contributed by atoms with Gasteiger partial charge in [-0.05, 0) is 48.4 Å². The number of carbonyl (C=O) groups excluding carboxylic acids is 1. The third-order valence-corrected chi connectivity index (χ3v) is 5.18. The average Bonchev–Trinajstić information content (AvgIpc) is 2.75. The summed E-state index contributed by atoms with van der Waals surface area (Å²) in [6, 6.07) is 11.7. The lowest BCUT2D eigenvalue weighted by Gasteiger charge is -2.34. The molecule has 2 heterocycles. The van der Waals surface area contributed by atoms with Crippen LogP contribution in [0.15, 0.2) is 48.8 Å². The van der Waals surface area contributed by atoms with Gasteiger partial charge in [-0.15, -0.1) is 12.4 Å². The maximum Gasteiger partial charge on any atom is 0.253 e. The third kappa shape index (κ3) is 7.33. The Morgan fingerprint density at radius 3 is 2.31 bits per heavy atom. The van der Waals surface area contributed by atoms with E-state index in [1.54, 1.807) is 0 Å². The van der Waals surface area contributed by atoms with Gasteiger partial charge < -0.3 is 9.64 Å². The zero-order valence-corrected chi connectivity index (χ0v) is 18.1. The minimum Gasteiger partial charge on any atom is -0.494 e. The van der Waals surface area contributed by atoms with Crippen LogP contribution >= 0.6 is 12.4 Å². The molecule has 0 aliphatic carbocycles. The predicted octanol–water partition coefficient (Wildman–Crippen LogP) is 4.42. The van der Waals surface area contributed by atoms with E-state index in [2.05, 4.69) is 16.8 Å². The molecule has 1 aromatic heterocycles. The van der Waals surface area contributed by atoms with Gasteiger partial charge in [-0.25, -0.2) is 0 Å². The molecule has 1 amide bonds. The van der Waals surface area contributed by atoms with Crippen molar-refractivity contribution >= 4 is 18.3 Å². The van der Waals surface area contributed by atoms with Gasteiger partial charge in [0.2, 0.25) is 0 Å². The third-order valence-electron chi connectivity index (χ3n) is 5.18. The lowest BCUT2D eigenvalue weighted by molar-refractivity contribution is 0.0628. The first kappa shape index (κ1) is 23.2. The van der Waals surface area contributed by atoms with Crippen LogP contribution in [-0.2, 0) is 6.54 Å². The van der Waals surface area contributed by atoms with E-state index in [9.17, 15) is 4.79 Å². The van der Waals surface area contributed by atoms with Gasteiger partial charge in [-0.3, -0.25) is 14.7 Å². The summed E-state index contributed by atoms with van der Waals surface area (Å²) in [5.74, 6) is 0.952. The molecule has 2 aromatic rings. The molecule has 1 saturated heterocycles. The second-order valence-corrected chi connectivity index (χ2v) is 7.36. The zero-order chi connectivity index (χ0) is 19.6. The molecule has 0 radical (unpaired) electrons. The van der Waals surface area contributed by atoms with Crippen LogP contribution in [-0.4, -0.2) is 53.5 Å². The topological polar surface area (TPSA) is 45.7 Å². The molecule has 0 N–H and O–H groups in total. The van der Waals surface area contributed by atoms with Crippen molar-refractivity contribution < 1.29 is 9.53 Å². The van der Waals surface area contributed by atoms with Gasteiger partial charge in [0.1, 0.15) is 5.75 Å². The normalized spacial score (nSPS) is 14.3. The lowest BCUT2D eigenvalue weighted by atomic mass is 10.1. The summed E-state index contributed by atoms with van der Waals surface area (Å²) >= 11 is 0. The fourth-order valence-corrected chi connectivity index (χ4v) is 3.45. The predicted molar refractivity (Wildman–Crippen MR) is 119 cm³/mol. The first-order valence-corrected chi connectivity index (χ1v) is 10.4. The molecule has 29 heavy (non-hydrogen) atoms. The van der Waals surface area contributed by atoms with Crippen LogP contribution < -0.4 is 4.74 Å². The van der Waals surface area contributed by atoms with E-state index in [4.69, 9.17) is 4.74 Å². The maximum atomic E-state index is 12.8. The molecule has 1 aromatic carbocycles. The molecule has 0 spiro atoms. The van der Waals surface area contributed by atoms with E-state index in [1.165, 1.54) is 24.8 Å². The molecule has 1 fully saturated rings. The molecule has 1 aliphatic heterocycles. The van der Waals surface area contributed by atoms with E-state index >= 15 is 0 Å². The number of ether oxygens (including phenoxy) is 1. The first-order chi connectivity index (χ1) is 13.8. The highest BCUT2D eigenvalue weighted by Crippen LogP contribution is 2.16. The maximum absolute atomic E-state index is 12.8. The highest BCUT2D eigenvalue weighted by molar-refractivity contribution is 5.94. The van der Waals surface area contributed by atoms with Crippen LogP contribution in [0.4, 0.5) is 0 Å². The van der Waals surface area contributed by atoms with Gasteiger partial charge >= 0.3 is 0 Å². The van der Waals surface area contributed by atoms with Crippen molar-refractivity contribution in [2.24, 2.45) is 0 Å². The molecule has 0 unspecified atom stereocenters. The number of aromatic nitrogens is 1. The fourth-order valence-electron chi connectivity index (χ4n) is 3.45. The Hall–Kier alpha value is -2.11. The van der Waals surface area contributed by atoms with E-state index in [1.807, 2.05) is 53.7 Å². The standard InChI is InChI=1S/C23H31N3O2.ClH/c1-2-3-4-5-18-28-22-8-6-21(7-9-22)23(27)26-16-14-25(15-17-26)19-20-10-12-24-13-11-20;/h6-13H,2-5,14-19H2,1H3;1H. The lowest BCUT2D eigenvalue weighted by Crippen LogP contribution is -2.48. The molecule has 0 atom stereocenters. The first-order valence-electron chi connectivity index (χ1n) is 10.4. The highest BCUT2D eigenvalue weighted by atomic mass is 35.5. The molecule has 0 bridgehead atoms. The van der Waals surface area contributed by atoms with Crippen molar-refractivity contribution in [1.29, 1.82) is 0 Å². The second-order valence-electron chi connectivity index (χ2n) is 7.36. The summed E-state index contributed by atoms with van der Waals surface area (Å²) in [7, 11) is 0. The van der Waals surface area contributed by atoms with Crippen molar-refractivity contribution in [2.75, 3.05) is 32.8 Å². The number of carbonyl (C=O) groups is 1. The van der Waals surface area contributed by atoms with Gasteiger partial charge in [-0.2, -0.15) is 0 Å². The quantitative estimate of drug-likeness (QED) is 0.566.